The van der Waals surface area contributed by atoms with Gasteiger partial charge in [0.05, 0.1) is 23.3 Å². The minimum Gasteiger partial charge on any atom is -0.323 e. The third-order valence-electron chi connectivity index (χ3n) is 3.55. The van der Waals surface area contributed by atoms with Crippen LogP contribution in [0, 0.1) is 0 Å². The highest BCUT2D eigenvalue weighted by Crippen LogP contribution is 2.32. The summed E-state index contributed by atoms with van der Waals surface area (Å²) in [7, 11) is 0. The van der Waals surface area contributed by atoms with Gasteiger partial charge in [-0.05, 0) is 36.2 Å². The number of aromatic nitrogens is 2. The fourth-order valence-corrected chi connectivity index (χ4v) is 3.55. The number of halogens is 3. The van der Waals surface area contributed by atoms with E-state index < -0.39 is 5.51 Å². The lowest BCUT2D eigenvalue weighted by molar-refractivity contribution is -0.0323. The van der Waals surface area contributed by atoms with E-state index in [2.05, 4.69) is 21.6 Å². The predicted octanol–water partition coefficient (Wildman–Crippen LogP) is 6.40. The van der Waals surface area contributed by atoms with Gasteiger partial charge in [0, 0.05) is 22.8 Å². The molecule has 2 aromatic heterocycles. The highest BCUT2D eigenvalue weighted by Gasteiger charge is 2.28. The molecule has 136 valence electrons. The smallest absolute Gasteiger partial charge is 0.323 e. The molecule has 0 atom stereocenters. The molecule has 0 unspecified atom stereocenters. The number of nitrogens with one attached hydrogen (secondary N) is 1. The van der Waals surface area contributed by atoms with E-state index in [-0.39, 0.29) is 11.9 Å². The molecule has 0 fully saturated rings. The van der Waals surface area contributed by atoms with Crippen LogP contribution in [0.4, 0.5) is 18.9 Å². The third-order valence-corrected chi connectivity index (χ3v) is 4.99. The van der Waals surface area contributed by atoms with Crippen molar-refractivity contribution in [1.29, 1.82) is 0 Å². The molecule has 1 aromatic carbocycles. The van der Waals surface area contributed by atoms with Gasteiger partial charge in [-0.2, -0.15) is 13.2 Å². The zero-order valence-corrected chi connectivity index (χ0v) is 15.5. The fourth-order valence-electron chi connectivity index (χ4n) is 2.39. The molecular weight excluding hydrogens is 379 g/mol. The summed E-state index contributed by atoms with van der Waals surface area (Å²) in [5.74, 6) is 0. The number of anilines is 1. The molecule has 0 amide bonds. The van der Waals surface area contributed by atoms with Crippen LogP contribution >= 0.6 is 23.3 Å². The number of thiazole rings is 1. The van der Waals surface area contributed by atoms with Crippen LogP contribution in [0.2, 0.25) is 0 Å². The number of hydrogen-bond acceptors (Lipinski definition) is 5. The van der Waals surface area contributed by atoms with Gasteiger partial charge in [0.1, 0.15) is 5.01 Å². The van der Waals surface area contributed by atoms with E-state index in [9.17, 15) is 13.2 Å². The Morgan fingerprint density at radius 3 is 2.58 bits per heavy atom. The van der Waals surface area contributed by atoms with Gasteiger partial charge in [-0.25, -0.2) is 4.98 Å². The third kappa shape index (κ3) is 4.98. The normalized spacial score (nSPS) is 11.5. The molecule has 2 heterocycles. The van der Waals surface area contributed by atoms with Crippen LogP contribution in [0.1, 0.15) is 18.9 Å². The van der Waals surface area contributed by atoms with E-state index in [1.54, 1.807) is 30.5 Å². The highest BCUT2D eigenvalue weighted by atomic mass is 32.2. The quantitative estimate of drug-likeness (QED) is 0.490. The number of nitrogens with zero attached hydrogens (tertiary/aromatic N) is 2. The Kier molecular flexibility index (Phi) is 5.83. The standard InChI is InChI=1S/C18H16F3N3S2/c1-2-3-12-8-9-22-15(10-12)17-23-16(11-25-17)13-4-6-14(7-5-13)24-26-18(19,20)21/h4-11,24H,2-3H2,1H3. The first-order valence-electron chi connectivity index (χ1n) is 7.96. The molecule has 0 aliphatic heterocycles. The Morgan fingerprint density at radius 2 is 1.88 bits per heavy atom. The first kappa shape index (κ1) is 18.7. The summed E-state index contributed by atoms with van der Waals surface area (Å²) < 4.78 is 38.9. The van der Waals surface area contributed by atoms with E-state index >= 15 is 0 Å². The maximum atomic E-state index is 12.2. The lowest BCUT2D eigenvalue weighted by Gasteiger charge is -2.08. The Hall–Kier alpha value is -2.06. The van der Waals surface area contributed by atoms with Crippen LogP contribution < -0.4 is 4.72 Å². The average Bonchev–Trinajstić information content (AvgIpc) is 3.10. The SMILES string of the molecule is CCCc1ccnc(-c2nc(-c3ccc(NSC(F)(F)F)cc3)cs2)c1. The molecule has 0 bridgehead atoms. The van der Waals surface area contributed by atoms with Crippen LogP contribution in [0.3, 0.4) is 0 Å². The lowest BCUT2D eigenvalue weighted by Crippen LogP contribution is -2.04. The molecule has 3 nitrogen and oxygen atoms in total. The first-order valence-corrected chi connectivity index (χ1v) is 9.66. The molecule has 3 rings (SSSR count). The minimum absolute atomic E-state index is 0.277. The van der Waals surface area contributed by atoms with E-state index in [1.807, 2.05) is 17.5 Å². The Morgan fingerprint density at radius 1 is 1.12 bits per heavy atom. The fraction of sp³-hybridized carbons (Fsp3) is 0.222. The van der Waals surface area contributed by atoms with Crippen molar-refractivity contribution in [3.63, 3.8) is 0 Å². The van der Waals surface area contributed by atoms with Gasteiger partial charge in [0.15, 0.2) is 0 Å². The van der Waals surface area contributed by atoms with Gasteiger partial charge in [0.25, 0.3) is 0 Å². The van der Waals surface area contributed by atoms with Gasteiger partial charge in [-0.1, -0.05) is 25.5 Å². The first-order chi connectivity index (χ1) is 12.4. The predicted molar refractivity (Wildman–Crippen MR) is 102 cm³/mol. The molecule has 0 saturated heterocycles. The second-order valence-electron chi connectivity index (χ2n) is 5.56. The van der Waals surface area contributed by atoms with Gasteiger partial charge < -0.3 is 4.72 Å². The number of benzene rings is 1. The maximum absolute atomic E-state index is 12.2. The van der Waals surface area contributed by atoms with Crippen LogP contribution in [-0.2, 0) is 6.42 Å². The largest absolute Gasteiger partial charge is 0.461 e. The van der Waals surface area contributed by atoms with Crippen molar-refractivity contribution >= 4 is 29.0 Å². The summed E-state index contributed by atoms with van der Waals surface area (Å²) in [6, 6.07) is 10.8. The van der Waals surface area contributed by atoms with Crippen molar-refractivity contribution in [3.8, 4) is 22.0 Å². The van der Waals surface area contributed by atoms with Crippen molar-refractivity contribution in [1.82, 2.24) is 9.97 Å². The zero-order valence-electron chi connectivity index (χ0n) is 13.9. The number of hydrogen-bond donors (Lipinski definition) is 1. The lowest BCUT2D eigenvalue weighted by atomic mass is 10.1. The molecule has 3 aromatic rings. The molecule has 0 aliphatic rings. The van der Waals surface area contributed by atoms with Gasteiger partial charge >= 0.3 is 5.51 Å². The Bertz CT molecular complexity index is 861. The highest BCUT2D eigenvalue weighted by molar-refractivity contribution is 8.01. The van der Waals surface area contributed by atoms with Crippen molar-refractivity contribution < 1.29 is 13.2 Å². The van der Waals surface area contributed by atoms with E-state index in [0.717, 1.165) is 34.8 Å². The van der Waals surface area contributed by atoms with Gasteiger partial charge in [0.2, 0.25) is 0 Å². The van der Waals surface area contributed by atoms with Gasteiger partial charge in [-0.15, -0.1) is 11.3 Å². The number of aryl methyl sites for hydroxylation is 1. The summed E-state index contributed by atoms with van der Waals surface area (Å²) in [4.78, 5) is 9.01. The van der Waals surface area contributed by atoms with E-state index in [4.69, 9.17) is 0 Å². The van der Waals surface area contributed by atoms with Crippen molar-refractivity contribution in [2.45, 2.75) is 25.3 Å². The second-order valence-corrected chi connectivity index (χ2v) is 7.29. The number of pyridine rings is 1. The van der Waals surface area contributed by atoms with Gasteiger partial charge in [-0.3, -0.25) is 4.98 Å². The summed E-state index contributed by atoms with van der Waals surface area (Å²) in [6.45, 7) is 2.13. The average molecular weight is 395 g/mol. The summed E-state index contributed by atoms with van der Waals surface area (Å²) in [5, 5.41) is 2.75. The van der Waals surface area contributed by atoms with Crippen LogP contribution in [0.25, 0.3) is 22.0 Å². The molecule has 0 aliphatic carbocycles. The maximum Gasteiger partial charge on any atom is 0.461 e. The molecular formula is C18H16F3N3S2. The van der Waals surface area contributed by atoms with Crippen LogP contribution in [0.15, 0.2) is 48.0 Å². The monoisotopic (exact) mass is 395 g/mol. The molecule has 1 N–H and O–H groups in total. The number of rotatable bonds is 6. The summed E-state index contributed by atoms with van der Waals surface area (Å²) >= 11 is 1.22. The molecule has 0 saturated carbocycles. The summed E-state index contributed by atoms with van der Waals surface area (Å²) in [5.41, 5.74) is -0.233. The van der Waals surface area contributed by atoms with E-state index in [1.165, 1.54) is 16.9 Å². The second kappa shape index (κ2) is 8.09. The number of alkyl halides is 3. The zero-order chi connectivity index (χ0) is 18.6. The van der Waals surface area contributed by atoms with Crippen molar-refractivity contribution in [2.24, 2.45) is 0 Å². The summed E-state index contributed by atoms with van der Waals surface area (Å²) in [6.07, 6.45) is 3.86. The van der Waals surface area contributed by atoms with Crippen molar-refractivity contribution in [3.05, 3.63) is 53.5 Å². The van der Waals surface area contributed by atoms with Crippen molar-refractivity contribution in [2.75, 3.05) is 4.72 Å². The van der Waals surface area contributed by atoms with E-state index in [0.29, 0.717) is 5.69 Å². The topological polar surface area (TPSA) is 37.8 Å². The molecule has 0 radical (unpaired) electrons. The molecule has 0 spiro atoms. The molecule has 8 heteroatoms. The van der Waals surface area contributed by atoms with Crippen LogP contribution in [-0.4, -0.2) is 15.5 Å². The minimum atomic E-state index is -4.32. The Labute approximate surface area is 157 Å². The Balaban J connectivity index is 1.74. The van der Waals surface area contributed by atoms with Crippen LogP contribution in [0.5, 0.6) is 0 Å². The molecule has 26 heavy (non-hydrogen) atoms.